The molecular formula is C16H20BrN3O2S. The van der Waals surface area contributed by atoms with Gasteiger partial charge in [-0.1, -0.05) is 34.1 Å². The zero-order valence-corrected chi connectivity index (χ0v) is 15.2. The van der Waals surface area contributed by atoms with Crippen molar-refractivity contribution in [2.45, 2.75) is 6.42 Å². The molecule has 0 saturated heterocycles. The fraction of sp³-hybridized carbons (Fsp3) is 0.250. The third kappa shape index (κ3) is 3.07. The molecule has 23 heavy (non-hydrogen) atoms. The van der Waals surface area contributed by atoms with Gasteiger partial charge in [0, 0.05) is 11.0 Å². The molecule has 0 amide bonds. The van der Waals surface area contributed by atoms with Gasteiger partial charge < -0.3 is 5.32 Å². The van der Waals surface area contributed by atoms with Crippen LogP contribution in [-0.2, 0) is 0 Å². The highest BCUT2D eigenvalue weighted by Crippen LogP contribution is 2.64. The van der Waals surface area contributed by atoms with Crippen LogP contribution in [0.2, 0.25) is 0 Å². The smallest absolute Gasteiger partial charge is 0.0896 e. The van der Waals surface area contributed by atoms with Crippen molar-refractivity contribution in [1.29, 1.82) is 0 Å². The van der Waals surface area contributed by atoms with Crippen molar-refractivity contribution in [2.75, 3.05) is 28.7 Å². The van der Waals surface area contributed by atoms with Crippen LogP contribution in [0.4, 0.5) is 17.1 Å². The molecule has 0 bridgehead atoms. The van der Waals surface area contributed by atoms with Gasteiger partial charge in [-0.25, -0.2) is 4.31 Å². The minimum Gasteiger partial charge on any atom is -0.320 e. The highest BCUT2D eigenvalue weighted by atomic mass is 79.9. The van der Waals surface area contributed by atoms with Gasteiger partial charge in [-0.3, -0.25) is 13.4 Å². The van der Waals surface area contributed by atoms with Crippen LogP contribution in [0.25, 0.3) is 0 Å². The van der Waals surface area contributed by atoms with E-state index in [4.69, 9.17) is 0 Å². The van der Waals surface area contributed by atoms with Crippen molar-refractivity contribution in [3.05, 3.63) is 53.0 Å². The number of anilines is 3. The Bertz CT molecular complexity index is 684. The molecule has 124 valence electrons. The van der Waals surface area contributed by atoms with Gasteiger partial charge in [0.15, 0.2) is 0 Å². The molecular weight excluding hydrogens is 378 g/mol. The standard InChI is InChI=1S/C16H20BrN3O2S/c1-18-10-5-11-19-16-12-13(17)8-9-15(16)20(23(19,21)22)14-6-3-2-4-7-14/h2-4,6-9,12,18,21-22H,5,10-11H2,1H3. The molecule has 0 aromatic heterocycles. The summed E-state index contributed by atoms with van der Waals surface area (Å²) >= 11 is 3.48. The lowest BCUT2D eigenvalue weighted by Gasteiger charge is -2.43. The molecule has 0 saturated carbocycles. The van der Waals surface area contributed by atoms with Gasteiger partial charge in [0.25, 0.3) is 0 Å². The summed E-state index contributed by atoms with van der Waals surface area (Å²) in [7, 11) is -1.23. The molecule has 3 N–H and O–H groups in total. The fourth-order valence-electron chi connectivity index (χ4n) is 2.72. The first kappa shape index (κ1) is 16.6. The molecule has 7 heteroatoms. The summed E-state index contributed by atoms with van der Waals surface area (Å²) in [5, 5.41) is 3.09. The van der Waals surface area contributed by atoms with E-state index < -0.39 is 11.0 Å². The lowest BCUT2D eigenvalue weighted by Crippen LogP contribution is -2.32. The van der Waals surface area contributed by atoms with E-state index in [0.29, 0.717) is 6.54 Å². The highest BCUT2D eigenvalue weighted by molar-refractivity contribution is 9.10. The third-order valence-electron chi connectivity index (χ3n) is 3.74. The van der Waals surface area contributed by atoms with Gasteiger partial charge in [0.2, 0.25) is 0 Å². The van der Waals surface area contributed by atoms with Crippen molar-refractivity contribution in [1.82, 2.24) is 5.32 Å². The topological polar surface area (TPSA) is 59.0 Å². The fourth-order valence-corrected chi connectivity index (χ4v) is 4.87. The van der Waals surface area contributed by atoms with Crippen LogP contribution < -0.4 is 13.9 Å². The van der Waals surface area contributed by atoms with Gasteiger partial charge in [0.1, 0.15) is 0 Å². The van der Waals surface area contributed by atoms with Crippen LogP contribution in [0.3, 0.4) is 0 Å². The zero-order chi connectivity index (χ0) is 16.4. The minimum absolute atomic E-state index is 0.565. The second-order valence-electron chi connectivity index (χ2n) is 5.31. The number of hydrogen-bond acceptors (Lipinski definition) is 5. The van der Waals surface area contributed by atoms with E-state index >= 15 is 0 Å². The maximum absolute atomic E-state index is 10.9. The molecule has 1 aliphatic rings. The Kier molecular flexibility index (Phi) is 4.84. The molecule has 1 heterocycles. The van der Waals surface area contributed by atoms with E-state index in [2.05, 4.69) is 21.2 Å². The summed E-state index contributed by atoms with van der Waals surface area (Å²) in [6.45, 7) is 1.39. The number of hydrogen-bond donors (Lipinski definition) is 3. The monoisotopic (exact) mass is 397 g/mol. The van der Waals surface area contributed by atoms with Crippen LogP contribution in [0.5, 0.6) is 0 Å². The number of benzene rings is 2. The Balaban J connectivity index is 2.05. The summed E-state index contributed by atoms with van der Waals surface area (Å²) < 4.78 is 26.1. The molecule has 3 rings (SSSR count). The van der Waals surface area contributed by atoms with E-state index in [1.54, 1.807) is 8.61 Å². The number of nitrogens with zero attached hydrogens (tertiary/aromatic N) is 2. The van der Waals surface area contributed by atoms with Crippen molar-refractivity contribution >= 4 is 44.0 Å². The lowest BCUT2D eigenvalue weighted by molar-refractivity contribution is 0.483. The molecule has 0 radical (unpaired) electrons. The number of fused-ring (bicyclic) bond motifs is 1. The first-order valence-electron chi connectivity index (χ1n) is 7.41. The van der Waals surface area contributed by atoms with E-state index in [1.807, 2.05) is 55.6 Å². The average molecular weight is 398 g/mol. The van der Waals surface area contributed by atoms with Crippen molar-refractivity contribution in [3.8, 4) is 0 Å². The minimum atomic E-state index is -3.12. The number of para-hydroxylation sites is 1. The second kappa shape index (κ2) is 6.70. The third-order valence-corrected chi connectivity index (χ3v) is 6.11. The molecule has 1 aliphatic heterocycles. The second-order valence-corrected chi connectivity index (χ2v) is 8.01. The summed E-state index contributed by atoms with van der Waals surface area (Å²) in [6.07, 6.45) is 0.820. The summed E-state index contributed by atoms with van der Waals surface area (Å²) in [5.74, 6) is 0. The number of halogens is 1. The molecule has 0 unspecified atom stereocenters. The van der Waals surface area contributed by atoms with Crippen LogP contribution in [0.1, 0.15) is 6.42 Å². The van der Waals surface area contributed by atoms with Crippen molar-refractivity contribution < 1.29 is 9.11 Å². The molecule has 2 aromatic rings. The average Bonchev–Trinajstić information content (AvgIpc) is 2.75. The van der Waals surface area contributed by atoms with E-state index in [-0.39, 0.29) is 0 Å². The Morgan fingerprint density at radius 3 is 2.52 bits per heavy atom. The molecule has 2 aromatic carbocycles. The van der Waals surface area contributed by atoms with Gasteiger partial charge in [-0.05, 0) is 61.3 Å². The quantitative estimate of drug-likeness (QED) is 0.643. The predicted octanol–water partition coefficient (Wildman–Crippen LogP) is 4.60. The van der Waals surface area contributed by atoms with Crippen LogP contribution in [-0.4, -0.2) is 29.2 Å². The van der Waals surface area contributed by atoms with Crippen LogP contribution in [0, 0.1) is 0 Å². The number of rotatable bonds is 5. The van der Waals surface area contributed by atoms with E-state index in [9.17, 15) is 9.11 Å². The van der Waals surface area contributed by atoms with Crippen molar-refractivity contribution in [3.63, 3.8) is 0 Å². The normalized spacial score (nSPS) is 17.2. The highest BCUT2D eigenvalue weighted by Gasteiger charge is 2.41. The van der Waals surface area contributed by atoms with Crippen LogP contribution in [0.15, 0.2) is 53.0 Å². The Morgan fingerprint density at radius 2 is 1.83 bits per heavy atom. The lowest BCUT2D eigenvalue weighted by atomic mass is 10.2. The molecule has 0 spiro atoms. The first-order valence-corrected chi connectivity index (χ1v) is 9.66. The Labute approximate surface area is 146 Å². The molecule has 5 nitrogen and oxygen atoms in total. The van der Waals surface area contributed by atoms with E-state index in [1.165, 1.54) is 0 Å². The maximum Gasteiger partial charge on any atom is 0.0896 e. The molecule has 0 aliphatic carbocycles. The summed E-state index contributed by atoms with van der Waals surface area (Å²) in [4.78, 5) is 0. The van der Waals surface area contributed by atoms with Gasteiger partial charge in [-0.15, -0.1) is 0 Å². The number of nitrogens with one attached hydrogen (secondary N) is 1. The SMILES string of the molecule is CNCCCN1c2cc(Br)ccc2N(c2ccccc2)S1(O)O. The maximum atomic E-state index is 10.9. The Morgan fingerprint density at radius 1 is 1.09 bits per heavy atom. The Hall–Kier alpha value is -1.25. The first-order chi connectivity index (χ1) is 11.1. The van der Waals surface area contributed by atoms with Gasteiger partial charge in [-0.2, -0.15) is 0 Å². The van der Waals surface area contributed by atoms with Gasteiger partial charge >= 0.3 is 0 Å². The molecule has 0 fully saturated rings. The summed E-state index contributed by atoms with van der Waals surface area (Å²) in [5.41, 5.74) is 2.41. The van der Waals surface area contributed by atoms with Crippen molar-refractivity contribution in [2.24, 2.45) is 0 Å². The van der Waals surface area contributed by atoms with Gasteiger partial charge in [0.05, 0.1) is 17.1 Å². The zero-order valence-electron chi connectivity index (χ0n) is 12.8. The van der Waals surface area contributed by atoms with E-state index in [0.717, 1.165) is 34.5 Å². The predicted molar refractivity (Wildman–Crippen MR) is 101 cm³/mol. The van der Waals surface area contributed by atoms with Crippen LogP contribution >= 0.6 is 26.9 Å². The largest absolute Gasteiger partial charge is 0.320 e. The summed E-state index contributed by atoms with van der Waals surface area (Å²) in [6, 6.07) is 15.2. The molecule has 0 atom stereocenters.